The van der Waals surface area contributed by atoms with Gasteiger partial charge in [-0.05, 0) is 70.9 Å². The van der Waals surface area contributed by atoms with E-state index >= 15 is 0 Å². The second-order valence-corrected chi connectivity index (χ2v) is 9.25. The summed E-state index contributed by atoms with van der Waals surface area (Å²) in [6.45, 7) is 2.61. The quantitative estimate of drug-likeness (QED) is 0.335. The van der Waals surface area contributed by atoms with Crippen LogP contribution in [0.1, 0.15) is 39.0 Å². The van der Waals surface area contributed by atoms with Gasteiger partial charge in [-0.15, -0.1) is 0 Å². The lowest BCUT2D eigenvalue weighted by molar-refractivity contribution is -0.139. The van der Waals surface area contributed by atoms with Crippen LogP contribution in [0.15, 0.2) is 66.7 Å². The molecule has 0 aliphatic heterocycles. The van der Waals surface area contributed by atoms with Crippen LogP contribution < -0.4 is 5.32 Å². The van der Waals surface area contributed by atoms with Crippen LogP contribution in [0, 0.1) is 6.92 Å². The highest BCUT2D eigenvalue weighted by Crippen LogP contribution is 2.29. The number of carboxylic acids is 1. The Bertz CT molecular complexity index is 1160. The maximum Gasteiger partial charge on any atom is 0.326 e. The van der Waals surface area contributed by atoms with Gasteiger partial charge in [0.25, 0.3) is 5.91 Å². The lowest BCUT2D eigenvalue weighted by Crippen LogP contribution is -2.41. The fraction of sp³-hybridized carbons (Fsp3) is 0.286. The number of hydrogen-bond acceptors (Lipinski definition) is 5. The molecule has 3 aromatic carbocycles. The summed E-state index contributed by atoms with van der Waals surface area (Å²) >= 11 is 1.54. The van der Waals surface area contributed by atoms with Gasteiger partial charge in [0.2, 0.25) is 0 Å². The van der Waals surface area contributed by atoms with Crippen molar-refractivity contribution in [2.24, 2.45) is 0 Å². The number of hydrogen-bond donors (Lipinski definition) is 3. The van der Waals surface area contributed by atoms with E-state index in [1.807, 2.05) is 73.8 Å². The molecule has 7 heteroatoms. The molecule has 0 aliphatic rings. The normalized spacial score (nSPS) is 11.7. The molecule has 3 rings (SSSR count). The molecule has 0 heterocycles. The molecule has 0 bridgehead atoms. The van der Waals surface area contributed by atoms with E-state index in [0.29, 0.717) is 31.0 Å². The summed E-state index contributed by atoms with van der Waals surface area (Å²) < 4.78 is 5.92. The second kappa shape index (κ2) is 13.1. The van der Waals surface area contributed by atoms with Crippen LogP contribution in [0.3, 0.4) is 0 Å². The summed E-state index contributed by atoms with van der Waals surface area (Å²) in [6.07, 6.45) is 2.25. The summed E-state index contributed by atoms with van der Waals surface area (Å²) in [6, 6.07) is 19.9. The molecule has 35 heavy (non-hydrogen) atoms. The Morgan fingerprint density at radius 2 is 1.69 bits per heavy atom. The van der Waals surface area contributed by atoms with Crippen LogP contribution in [0.2, 0.25) is 0 Å². The third-order valence-electron chi connectivity index (χ3n) is 5.79. The molecule has 0 unspecified atom stereocenters. The molecule has 0 radical (unpaired) electrons. The van der Waals surface area contributed by atoms with Gasteiger partial charge < -0.3 is 20.3 Å². The van der Waals surface area contributed by atoms with Crippen LogP contribution >= 0.6 is 11.8 Å². The van der Waals surface area contributed by atoms with E-state index in [4.69, 9.17) is 4.74 Å². The third kappa shape index (κ3) is 7.18. The average Bonchev–Trinajstić information content (AvgIpc) is 2.86. The highest BCUT2D eigenvalue weighted by Gasteiger charge is 2.22. The van der Waals surface area contributed by atoms with Crippen molar-refractivity contribution in [1.82, 2.24) is 5.32 Å². The molecule has 0 aliphatic carbocycles. The molecule has 3 N–H and O–H groups in total. The number of aliphatic hydroxyl groups excluding tert-OH is 1. The minimum Gasteiger partial charge on any atom is -0.480 e. The fourth-order valence-corrected chi connectivity index (χ4v) is 4.31. The standard InChI is InChI=1S/C28H31NO5S/c1-19-7-3-6-10-23(19)25-15-20(17-34-18-22-9-5-4-8-21(22)16-30)11-12-24(25)27(31)29-26(28(32)33)13-14-35-2/h3-12,15,26,30H,13-14,16-18H2,1-2H3,(H,29,31)(H,32,33)/t26-/m0/s1. The van der Waals surface area contributed by atoms with Gasteiger partial charge in [-0.25, -0.2) is 4.79 Å². The zero-order chi connectivity index (χ0) is 25.2. The molecule has 0 fully saturated rings. The Labute approximate surface area is 210 Å². The van der Waals surface area contributed by atoms with Crippen LogP contribution in [0.4, 0.5) is 0 Å². The zero-order valence-corrected chi connectivity index (χ0v) is 20.8. The highest BCUT2D eigenvalue weighted by molar-refractivity contribution is 7.98. The highest BCUT2D eigenvalue weighted by atomic mass is 32.2. The maximum absolute atomic E-state index is 13.2. The minimum atomic E-state index is -1.04. The Morgan fingerprint density at radius 1 is 0.971 bits per heavy atom. The molecule has 0 saturated heterocycles. The predicted molar refractivity (Wildman–Crippen MR) is 139 cm³/mol. The van der Waals surface area contributed by atoms with Gasteiger partial charge in [0.05, 0.1) is 19.8 Å². The summed E-state index contributed by atoms with van der Waals surface area (Å²) in [5.74, 6) is -0.823. The average molecular weight is 494 g/mol. The first-order chi connectivity index (χ1) is 16.9. The number of thioether (sulfide) groups is 1. The Balaban J connectivity index is 1.85. The number of aryl methyl sites for hydroxylation is 1. The predicted octanol–water partition coefficient (Wildman–Crippen LogP) is 4.81. The lowest BCUT2D eigenvalue weighted by atomic mass is 9.93. The van der Waals surface area contributed by atoms with Crippen LogP contribution in [0.5, 0.6) is 0 Å². The summed E-state index contributed by atoms with van der Waals surface area (Å²) in [5.41, 5.74) is 5.70. The van der Waals surface area contributed by atoms with Gasteiger partial charge in [-0.3, -0.25) is 4.79 Å². The molecular weight excluding hydrogens is 462 g/mol. The van der Waals surface area contributed by atoms with Crippen molar-refractivity contribution in [3.63, 3.8) is 0 Å². The van der Waals surface area contributed by atoms with E-state index in [1.165, 1.54) is 11.8 Å². The number of aliphatic carboxylic acids is 1. The molecule has 0 spiro atoms. The van der Waals surface area contributed by atoms with E-state index < -0.39 is 17.9 Å². The van der Waals surface area contributed by atoms with Gasteiger partial charge in [0.15, 0.2) is 0 Å². The van der Waals surface area contributed by atoms with Crippen molar-refractivity contribution < 1.29 is 24.5 Å². The summed E-state index contributed by atoms with van der Waals surface area (Å²) in [7, 11) is 0. The second-order valence-electron chi connectivity index (χ2n) is 8.26. The van der Waals surface area contributed by atoms with Crippen molar-refractivity contribution in [2.75, 3.05) is 12.0 Å². The van der Waals surface area contributed by atoms with E-state index in [1.54, 1.807) is 6.07 Å². The van der Waals surface area contributed by atoms with Crippen molar-refractivity contribution in [3.8, 4) is 11.1 Å². The first-order valence-electron chi connectivity index (χ1n) is 11.4. The van der Waals surface area contributed by atoms with Crippen molar-refractivity contribution in [1.29, 1.82) is 0 Å². The molecular formula is C28H31NO5S. The number of aliphatic hydroxyl groups is 1. The summed E-state index contributed by atoms with van der Waals surface area (Å²) in [5, 5.41) is 21.7. The summed E-state index contributed by atoms with van der Waals surface area (Å²) in [4.78, 5) is 24.8. The fourth-order valence-electron chi connectivity index (χ4n) is 3.84. The van der Waals surface area contributed by atoms with Gasteiger partial charge in [0.1, 0.15) is 6.04 Å². The molecule has 1 amide bonds. The number of ether oxygens (including phenoxy) is 1. The van der Waals surface area contributed by atoms with E-state index in [9.17, 15) is 19.8 Å². The SMILES string of the molecule is CSCC[C@H](NC(=O)c1ccc(COCc2ccccc2CO)cc1-c1ccccc1C)C(=O)O. The molecule has 1 atom stereocenters. The number of benzene rings is 3. The monoisotopic (exact) mass is 493 g/mol. The van der Waals surface area contributed by atoms with Gasteiger partial charge in [-0.2, -0.15) is 11.8 Å². The largest absolute Gasteiger partial charge is 0.480 e. The van der Waals surface area contributed by atoms with Gasteiger partial charge in [0, 0.05) is 5.56 Å². The molecule has 6 nitrogen and oxygen atoms in total. The maximum atomic E-state index is 13.2. The number of carbonyl (C=O) groups excluding carboxylic acids is 1. The number of carbonyl (C=O) groups is 2. The van der Waals surface area contributed by atoms with Crippen LogP contribution in [-0.2, 0) is 29.4 Å². The van der Waals surface area contributed by atoms with Gasteiger partial charge >= 0.3 is 5.97 Å². The molecule has 184 valence electrons. The van der Waals surface area contributed by atoms with Crippen molar-refractivity contribution in [3.05, 3.63) is 94.5 Å². The van der Waals surface area contributed by atoms with Crippen LogP contribution in [-0.4, -0.2) is 40.1 Å². The van der Waals surface area contributed by atoms with Crippen molar-refractivity contribution >= 4 is 23.6 Å². The Morgan fingerprint density at radius 3 is 2.37 bits per heavy atom. The molecule has 0 saturated carbocycles. The van der Waals surface area contributed by atoms with E-state index in [-0.39, 0.29) is 6.61 Å². The first kappa shape index (κ1) is 26.5. The molecule has 0 aromatic heterocycles. The van der Waals surface area contributed by atoms with Crippen LogP contribution in [0.25, 0.3) is 11.1 Å². The number of rotatable bonds is 12. The Kier molecular flexibility index (Phi) is 9.90. The van der Waals surface area contributed by atoms with Crippen molar-refractivity contribution in [2.45, 2.75) is 39.2 Å². The number of carboxylic acid groups (broad SMARTS) is 1. The Hall–Kier alpha value is -3.13. The first-order valence-corrected chi connectivity index (χ1v) is 12.8. The molecule has 3 aromatic rings. The topological polar surface area (TPSA) is 95.9 Å². The number of nitrogens with one attached hydrogen (secondary N) is 1. The minimum absolute atomic E-state index is 0.0466. The third-order valence-corrected chi connectivity index (χ3v) is 6.44. The van der Waals surface area contributed by atoms with Gasteiger partial charge in [-0.1, -0.05) is 54.6 Å². The van der Waals surface area contributed by atoms with E-state index in [0.717, 1.165) is 33.4 Å². The smallest absolute Gasteiger partial charge is 0.326 e. The zero-order valence-electron chi connectivity index (χ0n) is 20.0. The number of amides is 1. The van der Waals surface area contributed by atoms with E-state index in [2.05, 4.69) is 5.32 Å². The lowest BCUT2D eigenvalue weighted by Gasteiger charge is -2.18.